The Labute approximate surface area is 120 Å². The molecule has 1 fully saturated rings. The number of nitrogens with one attached hydrogen (secondary N) is 1. The van der Waals surface area contributed by atoms with Crippen LogP contribution in [-0.4, -0.2) is 29.4 Å². The Bertz CT molecular complexity index is 657. The van der Waals surface area contributed by atoms with Gasteiger partial charge in [0, 0.05) is 5.56 Å². The summed E-state index contributed by atoms with van der Waals surface area (Å²) in [7, 11) is -4.34. The number of thioether (sulfide) groups is 1. The first-order valence-corrected chi connectivity index (χ1v) is 8.05. The van der Waals surface area contributed by atoms with Crippen LogP contribution in [0.1, 0.15) is 23.7 Å². The second-order valence-electron chi connectivity index (χ2n) is 3.96. The van der Waals surface area contributed by atoms with E-state index in [0.29, 0.717) is 5.17 Å². The zero-order valence-electron chi connectivity index (χ0n) is 10.5. The highest BCUT2D eigenvalue weighted by Crippen LogP contribution is 2.19. The molecule has 0 aliphatic carbocycles. The van der Waals surface area contributed by atoms with Gasteiger partial charge in [-0.15, -0.1) is 0 Å². The van der Waals surface area contributed by atoms with E-state index in [2.05, 4.69) is 15.8 Å². The zero-order valence-corrected chi connectivity index (χ0v) is 12.1. The second kappa shape index (κ2) is 5.92. The summed E-state index contributed by atoms with van der Waals surface area (Å²) in [6.07, 6.45) is 0.833. The maximum absolute atomic E-state index is 11.9. The van der Waals surface area contributed by atoms with E-state index in [1.165, 1.54) is 30.0 Å². The number of nitrogens with zero attached hydrogens (tertiary/aromatic N) is 2. The molecule has 1 aliphatic heterocycles. The molecule has 1 aromatic carbocycles. The molecule has 1 unspecified atom stereocenters. The maximum atomic E-state index is 11.9. The van der Waals surface area contributed by atoms with Gasteiger partial charge in [-0.3, -0.25) is 9.35 Å². The van der Waals surface area contributed by atoms with Gasteiger partial charge in [-0.05, 0) is 24.6 Å². The van der Waals surface area contributed by atoms with Gasteiger partial charge in [0.1, 0.15) is 0 Å². The Kier molecular flexibility index (Phi) is 4.43. The van der Waals surface area contributed by atoms with E-state index in [-0.39, 0.29) is 15.8 Å². The fourth-order valence-corrected chi connectivity index (χ4v) is 2.77. The van der Waals surface area contributed by atoms with Crippen LogP contribution in [0.4, 0.5) is 0 Å². The zero-order chi connectivity index (χ0) is 14.8. The molecule has 20 heavy (non-hydrogen) atoms. The van der Waals surface area contributed by atoms with E-state index in [1.807, 2.05) is 6.92 Å². The minimum absolute atomic E-state index is 0.0726. The molecule has 2 N–H and O–H groups in total. The van der Waals surface area contributed by atoms with E-state index in [4.69, 9.17) is 4.55 Å². The molecule has 1 amide bonds. The van der Waals surface area contributed by atoms with Crippen molar-refractivity contribution < 1.29 is 17.8 Å². The average molecular weight is 314 g/mol. The predicted molar refractivity (Wildman–Crippen MR) is 75.0 cm³/mol. The molecule has 7 nitrogen and oxygen atoms in total. The third kappa shape index (κ3) is 3.57. The first-order valence-electron chi connectivity index (χ1n) is 5.73. The van der Waals surface area contributed by atoms with E-state index < -0.39 is 16.0 Å². The van der Waals surface area contributed by atoms with E-state index in [9.17, 15) is 13.2 Å². The number of aliphatic imine (C=N–C) groups is 1. The van der Waals surface area contributed by atoms with E-state index in [1.54, 1.807) is 0 Å². The van der Waals surface area contributed by atoms with Crippen molar-refractivity contribution in [1.29, 1.82) is 0 Å². The monoisotopic (exact) mass is 314 g/mol. The summed E-state index contributed by atoms with van der Waals surface area (Å²) in [5, 5.41) is 0.393. The van der Waals surface area contributed by atoms with Gasteiger partial charge < -0.3 is 0 Å². The molecule has 1 aliphatic rings. The molecule has 0 saturated carbocycles. The van der Waals surface area contributed by atoms with Crippen molar-refractivity contribution in [1.82, 2.24) is 10.9 Å². The van der Waals surface area contributed by atoms with Gasteiger partial charge in [0.25, 0.3) is 16.0 Å². The minimum atomic E-state index is -4.34. The molecule has 0 aromatic heterocycles. The van der Waals surface area contributed by atoms with Gasteiger partial charge in [-0.25, -0.2) is 0 Å². The fourth-order valence-electron chi connectivity index (χ4n) is 1.47. The first kappa shape index (κ1) is 15.0. The Morgan fingerprint density at radius 3 is 2.90 bits per heavy atom. The number of hydrogen-bond acceptors (Lipinski definition) is 5. The van der Waals surface area contributed by atoms with Crippen molar-refractivity contribution in [2.45, 2.75) is 23.6 Å². The van der Waals surface area contributed by atoms with Crippen molar-refractivity contribution in [3.63, 3.8) is 0 Å². The van der Waals surface area contributed by atoms with Gasteiger partial charge in [0.2, 0.25) is 5.17 Å². The average Bonchev–Trinajstić information content (AvgIpc) is 2.85. The summed E-state index contributed by atoms with van der Waals surface area (Å²) in [4.78, 5) is 15.4. The topological polar surface area (TPSA) is 110 Å². The van der Waals surface area contributed by atoms with Gasteiger partial charge in [-0.2, -0.15) is 24.3 Å². The van der Waals surface area contributed by atoms with E-state index in [0.717, 1.165) is 12.5 Å². The number of hydrogen-bond donors (Lipinski definition) is 2. The first-order chi connectivity index (χ1) is 9.40. The maximum Gasteiger partial charge on any atom is 0.294 e. The molecular formula is C11H12N3O4S2. The molecule has 9 heteroatoms. The number of carbonyl (C=O) groups is 1. The van der Waals surface area contributed by atoms with Crippen LogP contribution in [0.3, 0.4) is 0 Å². The second-order valence-corrected chi connectivity index (χ2v) is 6.55. The molecule has 1 aromatic rings. The van der Waals surface area contributed by atoms with Crippen molar-refractivity contribution in [2.75, 3.05) is 0 Å². The molecule has 1 radical (unpaired) electrons. The SMILES string of the molecule is CCC1N[N]C(=NC(=O)c2cccc(S(=O)(=O)O)c2)S1. The lowest BCUT2D eigenvalue weighted by molar-refractivity contribution is 0.100. The van der Waals surface area contributed by atoms with Crippen LogP contribution in [0.2, 0.25) is 0 Å². The number of rotatable bonds is 3. The lowest BCUT2D eigenvalue weighted by Crippen LogP contribution is -2.24. The molecule has 1 saturated heterocycles. The van der Waals surface area contributed by atoms with E-state index >= 15 is 0 Å². The highest BCUT2D eigenvalue weighted by atomic mass is 32.2. The normalized spacial score (nSPS) is 20.9. The quantitative estimate of drug-likeness (QED) is 0.806. The van der Waals surface area contributed by atoms with Crippen molar-refractivity contribution in [3.05, 3.63) is 29.8 Å². The number of amidine groups is 1. The van der Waals surface area contributed by atoms with Crippen molar-refractivity contribution >= 4 is 33.0 Å². The summed E-state index contributed by atoms with van der Waals surface area (Å²) >= 11 is 1.33. The van der Waals surface area contributed by atoms with Gasteiger partial charge in [0.15, 0.2) is 0 Å². The number of amides is 1. The summed E-state index contributed by atoms with van der Waals surface area (Å²) in [5.74, 6) is -0.611. The van der Waals surface area contributed by atoms with Crippen molar-refractivity contribution in [3.8, 4) is 0 Å². The molecule has 1 atom stereocenters. The van der Waals surface area contributed by atoms with Crippen LogP contribution in [0.25, 0.3) is 0 Å². The van der Waals surface area contributed by atoms with Gasteiger partial charge in [-0.1, -0.05) is 24.8 Å². The smallest absolute Gasteiger partial charge is 0.282 e. The van der Waals surface area contributed by atoms with Crippen LogP contribution in [0.5, 0.6) is 0 Å². The van der Waals surface area contributed by atoms with Crippen LogP contribution in [-0.2, 0) is 10.1 Å². The summed E-state index contributed by atoms with van der Waals surface area (Å²) < 4.78 is 31.0. The number of carbonyl (C=O) groups excluding carboxylic acids is 1. The lowest BCUT2D eigenvalue weighted by atomic mass is 10.2. The van der Waals surface area contributed by atoms with Crippen LogP contribution < -0.4 is 10.9 Å². The molecule has 0 bridgehead atoms. The Morgan fingerprint density at radius 2 is 2.30 bits per heavy atom. The highest BCUT2D eigenvalue weighted by molar-refractivity contribution is 8.14. The van der Waals surface area contributed by atoms with Crippen LogP contribution >= 0.6 is 11.8 Å². The van der Waals surface area contributed by atoms with Crippen LogP contribution in [0.15, 0.2) is 34.2 Å². The van der Waals surface area contributed by atoms with Crippen molar-refractivity contribution in [2.24, 2.45) is 4.99 Å². The molecule has 2 rings (SSSR count). The third-order valence-corrected chi connectivity index (χ3v) is 4.46. The molecular weight excluding hydrogens is 302 g/mol. The molecule has 1 heterocycles. The van der Waals surface area contributed by atoms with Gasteiger partial charge in [0.05, 0.1) is 10.3 Å². The predicted octanol–water partition coefficient (Wildman–Crippen LogP) is 1.02. The highest BCUT2D eigenvalue weighted by Gasteiger charge is 2.22. The van der Waals surface area contributed by atoms with Gasteiger partial charge >= 0.3 is 0 Å². The Morgan fingerprint density at radius 1 is 1.55 bits per heavy atom. The lowest BCUT2D eigenvalue weighted by Gasteiger charge is -2.00. The Hall–Kier alpha value is -1.42. The molecule has 107 valence electrons. The largest absolute Gasteiger partial charge is 0.294 e. The Balaban J connectivity index is 2.20. The minimum Gasteiger partial charge on any atom is -0.282 e. The van der Waals surface area contributed by atoms with Crippen LogP contribution in [0, 0.1) is 0 Å². The third-order valence-electron chi connectivity index (χ3n) is 2.50. The summed E-state index contributed by atoms with van der Waals surface area (Å²) in [6.45, 7) is 1.97. The standard InChI is InChI=1S/C11H12N3O4S2/c1-2-9-13-14-11(19-9)12-10(15)7-4-3-5-8(6-7)20(16,17)18/h3-6,9,13H,2H2,1H3,(H,16,17,18). The number of benzene rings is 1. The summed E-state index contributed by atoms with van der Waals surface area (Å²) in [6, 6.07) is 5.06. The molecule has 0 spiro atoms. The fraction of sp³-hybridized carbons (Fsp3) is 0.273. The summed E-state index contributed by atoms with van der Waals surface area (Å²) in [5.41, 5.74) is 6.79.